The van der Waals surface area contributed by atoms with E-state index in [9.17, 15) is 9.90 Å². The van der Waals surface area contributed by atoms with Gasteiger partial charge in [0.1, 0.15) is 18.5 Å². The summed E-state index contributed by atoms with van der Waals surface area (Å²) < 4.78 is 11.6. The molecule has 0 radical (unpaired) electrons. The van der Waals surface area contributed by atoms with Gasteiger partial charge in [0.15, 0.2) is 0 Å². The molecule has 1 saturated heterocycles. The van der Waals surface area contributed by atoms with Crippen molar-refractivity contribution in [2.45, 2.75) is 51.7 Å². The highest BCUT2D eigenvalue weighted by atomic mass is 35.5. The number of hydrogen-bond acceptors (Lipinski definition) is 4. The van der Waals surface area contributed by atoms with Gasteiger partial charge in [0.2, 0.25) is 0 Å². The Labute approximate surface area is 220 Å². The first-order valence-electron chi connectivity index (χ1n) is 11.4. The fourth-order valence-corrected chi connectivity index (χ4v) is 5.08. The largest absolute Gasteiger partial charge is 0.488 e. The first kappa shape index (κ1) is 25.8. The monoisotopic (exact) mass is 532 g/mol. The maximum absolute atomic E-state index is 11.8. The minimum Gasteiger partial charge on any atom is -0.488 e. The number of rotatable bonds is 6. The minimum atomic E-state index is -0.736. The maximum Gasteiger partial charge on any atom is 0.308 e. The molecule has 2 unspecified atom stereocenters. The fourth-order valence-electron chi connectivity index (χ4n) is 4.51. The third-order valence-corrected chi connectivity index (χ3v) is 7.34. The zero-order valence-corrected chi connectivity index (χ0v) is 22.0. The zero-order chi connectivity index (χ0) is 25.3. The maximum atomic E-state index is 11.8. The fraction of sp³-hybridized carbons (Fsp3) is 0.321. The predicted octanol–water partition coefficient (Wildman–Crippen LogP) is 7.20. The zero-order valence-electron chi connectivity index (χ0n) is 19.8. The number of carbonyl (C=O) groups excluding carboxylic acids is 1. The van der Waals surface area contributed by atoms with Crippen LogP contribution < -0.4 is 4.74 Å². The van der Waals surface area contributed by atoms with E-state index in [0.29, 0.717) is 27.2 Å². The molecule has 2 atom stereocenters. The summed E-state index contributed by atoms with van der Waals surface area (Å²) in [6, 6.07) is 15.8. The molecule has 3 aromatic rings. The average molecular weight is 534 g/mol. The third-order valence-electron chi connectivity index (χ3n) is 6.21. The minimum absolute atomic E-state index is 0.000940. The second-order valence-electron chi connectivity index (χ2n) is 9.13. The molecule has 7 heteroatoms. The van der Waals surface area contributed by atoms with Crippen LogP contribution in [-0.2, 0) is 9.53 Å². The predicted molar refractivity (Wildman–Crippen MR) is 140 cm³/mol. The Hall–Kier alpha value is -2.24. The Morgan fingerprint density at radius 1 is 0.943 bits per heavy atom. The summed E-state index contributed by atoms with van der Waals surface area (Å²) >= 11 is 19.4. The quantitative estimate of drug-likeness (QED) is 0.269. The van der Waals surface area contributed by atoms with Crippen molar-refractivity contribution in [2.24, 2.45) is 0 Å². The lowest BCUT2D eigenvalue weighted by Crippen LogP contribution is -2.36. The molecule has 1 aliphatic heterocycles. The Morgan fingerprint density at radius 2 is 1.54 bits per heavy atom. The van der Waals surface area contributed by atoms with Crippen LogP contribution in [-0.4, -0.2) is 29.9 Å². The molecule has 4 rings (SSSR count). The third kappa shape index (κ3) is 5.95. The van der Waals surface area contributed by atoms with Crippen molar-refractivity contribution in [1.29, 1.82) is 0 Å². The van der Waals surface area contributed by atoms with Crippen molar-refractivity contribution < 1.29 is 19.4 Å². The van der Waals surface area contributed by atoms with Crippen LogP contribution in [0.5, 0.6) is 5.75 Å². The second kappa shape index (κ2) is 10.8. The summed E-state index contributed by atoms with van der Waals surface area (Å²) in [4.78, 5) is 11.8. The Kier molecular flexibility index (Phi) is 7.97. The normalized spacial score (nSPS) is 18.0. The molecule has 1 aliphatic rings. The van der Waals surface area contributed by atoms with E-state index in [4.69, 9.17) is 44.3 Å². The topological polar surface area (TPSA) is 55.8 Å². The van der Waals surface area contributed by atoms with Crippen molar-refractivity contribution >= 4 is 40.8 Å². The smallest absolute Gasteiger partial charge is 0.308 e. The molecule has 184 valence electrons. The lowest BCUT2D eigenvalue weighted by molar-refractivity contribution is -0.162. The summed E-state index contributed by atoms with van der Waals surface area (Å²) in [6.45, 7) is 6.01. The molecular formula is C28H27Cl3O4. The molecule has 0 aromatic heterocycles. The molecule has 3 aromatic carbocycles. The molecule has 1 N–H and O–H groups in total. The van der Waals surface area contributed by atoms with Crippen LogP contribution in [0.2, 0.25) is 15.1 Å². The van der Waals surface area contributed by atoms with E-state index < -0.39 is 18.2 Å². The van der Waals surface area contributed by atoms with E-state index in [0.717, 1.165) is 33.4 Å². The average Bonchev–Trinajstić information content (AvgIpc) is 2.77. The van der Waals surface area contributed by atoms with Crippen LogP contribution in [0.1, 0.15) is 52.1 Å². The van der Waals surface area contributed by atoms with Gasteiger partial charge in [-0.25, -0.2) is 0 Å². The van der Waals surface area contributed by atoms with Crippen molar-refractivity contribution in [3.63, 3.8) is 0 Å². The Morgan fingerprint density at radius 3 is 2.09 bits per heavy atom. The molecule has 1 fully saturated rings. The first-order valence-corrected chi connectivity index (χ1v) is 12.6. The lowest BCUT2D eigenvalue weighted by Gasteiger charge is -2.28. The molecule has 1 heterocycles. The van der Waals surface area contributed by atoms with Gasteiger partial charge in [-0.2, -0.15) is 0 Å². The molecule has 0 saturated carbocycles. The molecule has 0 spiro atoms. The number of halogens is 3. The number of cyclic esters (lactones) is 1. The van der Waals surface area contributed by atoms with Crippen molar-refractivity contribution in [2.75, 3.05) is 6.61 Å². The van der Waals surface area contributed by atoms with E-state index in [1.165, 1.54) is 0 Å². The highest BCUT2D eigenvalue weighted by molar-refractivity contribution is 6.32. The Balaban J connectivity index is 1.81. The number of aliphatic hydroxyl groups is 1. The van der Waals surface area contributed by atoms with Gasteiger partial charge in [0.25, 0.3) is 0 Å². The molecule has 0 aliphatic carbocycles. The van der Waals surface area contributed by atoms with Gasteiger partial charge in [0, 0.05) is 27.9 Å². The molecule has 0 bridgehead atoms. The number of benzene rings is 3. The van der Waals surface area contributed by atoms with E-state index in [1.54, 1.807) is 0 Å². The van der Waals surface area contributed by atoms with Crippen LogP contribution in [0.25, 0.3) is 0 Å². The SMILES string of the molecule is Cc1cc(Cl)c(OCC2CC(O)CC(=O)O2)c(C(c2ccc(Cl)c(C)c2)c2ccc(Cl)c(C)c2)c1. The van der Waals surface area contributed by atoms with Gasteiger partial charge < -0.3 is 14.6 Å². The molecule has 35 heavy (non-hydrogen) atoms. The van der Waals surface area contributed by atoms with E-state index >= 15 is 0 Å². The first-order chi connectivity index (χ1) is 16.6. The van der Waals surface area contributed by atoms with E-state index in [1.807, 2.05) is 51.1 Å². The highest BCUT2D eigenvalue weighted by Crippen LogP contribution is 2.43. The number of ether oxygens (including phenoxy) is 2. The summed E-state index contributed by atoms with van der Waals surface area (Å²) in [5, 5.41) is 11.8. The lowest BCUT2D eigenvalue weighted by atomic mass is 9.83. The van der Waals surface area contributed by atoms with Crippen molar-refractivity contribution in [3.8, 4) is 5.75 Å². The summed E-state index contributed by atoms with van der Waals surface area (Å²) in [5.41, 5.74) is 5.84. The molecule has 0 amide bonds. The van der Waals surface area contributed by atoms with Gasteiger partial charge in [-0.3, -0.25) is 4.79 Å². The van der Waals surface area contributed by atoms with E-state index in [-0.39, 0.29) is 18.9 Å². The second-order valence-corrected chi connectivity index (χ2v) is 10.4. The number of aliphatic hydroxyl groups excluding tert-OH is 1. The van der Waals surface area contributed by atoms with Crippen LogP contribution >= 0.6 is 34.8 Å². The summed E-state index contributed by atoms with van der Waals surface area (Å²) in [6.07, 6.45) is -0.966. The number of aryl methyl sites for hydroxylation is 3. The molecule has 4 nitrogen and oxygen atoms in total. The van der Waals surface area contributed by atoms with E-state index in [2.05, 4.69) is 18.2 Å². The van der Waals surface area contributed by atoms with Gasteiger partial charge in [0.05, 0.1) is 17.5 Å². The highest BCUT2D eigenvalue weighted by Gasteiger charge is 2.29. The van der Waals surface area contributed by atoms with Gasteiger partial charge in [-0.1, -0.05) is 65.1 Å². The van der Waals surface area contributed by atoms with Gasteiger partial charge in [-0.15, -0.1) is 0 Å². The van der Waals surface area contributed by atoms with Crippen LogP contribution in [0.4, 0.5) is 0 Å². The molecular weight excluding hydrogens is 507 g/mol. The van der Waals surface area contributed by atoms with Gasteiger partial charge >= 0.3 is 5.97 Å². The number of carbonyl (C=O) groups is 1. The van der Waals surface area contributed by atoms with Crippen LogP contribution in [0.15, 0.2) is 48.5 Å². The number of esters is 1. The van der Waals surface area contributed by atoms with Crippen molar-refractivity contribution in [1.82, 2.24) is 0 Å². The van der Waals surface area contributed by atoms with Crippen LogP contribution in [0, 0.1) is 20.8 Å². The van der Waals surface area contributed by atoms with Crippen LogP contribution in [0.3, 0.4) is 0 Å². The van der Waals surface area contributed by atoms with Crippen molar-refractivity contribution in [3.05, 3.63) is 97.0 Å². The number of hydrogen-bond donors (Lipinski definition) is 1. The van der Waals surface area contributed by atoms with Gasteiger partial charge in [-0.05, 0) is 66.8 Å². The Bertz CT molecular complexity index is 1210. The summed E-state index contributed by atoms with van der Waals surface area (Å²) in [5.74, 6) is -0.133. The standard InChI is InChI=1S/C28H27Cl3O4/c1-15-8-22(28(25(31)9-15)34-14-21-12-20(32)13-26(33)35-21)27(18-4-6-23(29)16(2)10-18)19-5-7-24(30)17(3)11-19/h4-11,20-21,27,32H,12-14H2,1-3H3. The summed E-state index contributed by atoms with van der Waals surface area (Å²) in [7, 11) is 0.